The van der Waals surface area contributed by atoms with E-state index in [4.69, 9.17) is 5.73 Å². The summed E-state index contributed by atoms with van der Waals surface area (Å²) in [6.45, 7) is 1.42. The zero-order valence-corrected chi connectivity index (χ0v) is 10.1. The van der Waals surface area contributed by atoms with Gasteiger partial charge in [-0.05, 0) is 29.3 Å². The molecule has 2 heterocycles. The van der Waals surface area contributed by atoms with E-state index in [1.54, 1.807) is 0 Å². The summed E-state index contributed by atoms with van der Waals surface area (Å²) in [4.78, 5) is 4.47. The summed E-state index contributed by atoms with van der Waals surface area (Å²) in [5.41, 5.74) is 9.00. The molecule has 3 rings (SSSR count). The Kier molecular flexibility index (Phi) is 2.82. The van der Waals surface area contributed by atoms with Crippen LogP contribution in [-0.2, 0) is 13.1 Å². The van der Waals surface area contributed by atoms with E-state index in [9.17, 15) is 0 Å². The Bertz CT molecular complexity index is 670. The maximum atomic E-state index is 5.61. The van der Waals surface area contributed by atoms with Crippen LogP contribution in [0.5, 0.6) is 0 Å². The Morgan fingerprint density at radius 2 is 2.00 bits per heavy atom. The fraction of sp³-hybridized carbons (Fsp3) is 0.133. The first-order chi connectivity index (χ1) is 8.85. The lowest BCUT2D eigenvalue weighted by atomic mass is 10.1. The number of rotatable bonds is 3. The fourth-order valence-corrected chi connectivity index (χ4v) is 2.12. The molecule has 0 bridgehead atoms. The number of para-hydroxylation sites is 1. The van der Waals surface area contributed by atoms with Crippen LogP contribution >= 0.6 is 0 Å². The van der Waals surface area contributed by atoms with Gasteiger partial charge in [-0.15, -0.1) is 0 Å². The molecule has 0 saturated heterocycles. The highest BCUT2D eigenvalue weighted by molar-refractivity contribution is 5.78. The van der Waals surface area contributed by atoms with Gasteiger partial charge < -0.3 is 10.3 Å². The van der Waals surface area contributed by atoms with E-state index in [2.05, 4.69) is 40.1 Å². The van der Waals surface area contributed by atoms with E-state index in [0.717, 1.165) is 17.6 Å². The van der Waals surface area contributed by atoms with Gasteiger partial charge in [0, 0.05) is 37.1 Å². The first-order valence-corrected chi connectivity index (χ1v) is 6.03. The van der Waals surface area contributed by atoms with Gasteiger partial charge in [-0.25, -0.2) is 0 Å². The number of hydrogen-bond acceptors (Lipinski definition) is 2. The molecule has 0 aliphatic heterocycles. The highest BCUT2D eigenvalue weighted by atomic mass is 14.9. The molecule has 3 heteroatoms. The minimum absolute atomic E-state index is 0.586. The lowest BCUT2D eigenvalue weighted by molar-refractivity contribution is 0.799. The van der Waals surface area contributed by atoms with Crippen molar-refractivity contribution >= 4 is 10.9 Å². The Labute approximate surface area is 106 Å². The van der Waals surface area contributed by atoms with Crippen molar-refractivity contribution in [3.8, 4) is 0 Å². The maximum absolute atomic E-state index is 5.61. The maximum Gasteiger partial charge on any atom is 0.0702 e. The van der Waals surface area contributed by atoms with Crippen molar-refractivity contribution in [2.24, 2.45) is 5.73 Å². The van der Waals surface area contributed by atoms with E-state index in [-0.39, 0.29) is 0 Å². The normalized spacial score (nSPS) is 10.9. The monoisotopic (exact) mass is 237 g/mol. The summed E-state index contributed by atoms with van der Waals surface area (Å²) in [7, 11) is 0. The van der Waals surface area contributed by atoms with Gasteiger partial charge in [0.25, 0.3) is 0 Å². The van der Waals surface area contributed by atoms with E-state index >= 15 is 0 Å². The van der Waals surface area contributed by atoms with Crippen LogP contribution in [0.25, 0.3) is 10.9 Å². The van der Waals surface area contributed by atoms with Gasteiger partial charge in [-0.3, -0.25) is 4.98 Å². The average Bonchev–Trinajstić information content (AvgIpc) is 2.86. The molecule has 0 radical (unpaired) electrons. The van der Waals surface area contributed by atoms with Crippen molar-refractivity contribution in [2.45, 2.75) is 13.1 Å². The van der Waals surface area contributed by atoms with Crippen LogP contribution in [-0.4, -0.2) is 9.55 Å². The molecule has 0 fully saturated rings. The third kappa shape index (κ3) is 2.13. The van der Waals surface area contributed by atoms with Crippen molar-refractivity contribution < 1.29 is 0 Å². The Balaban J connectivity index is 1.90. The standard InChI is InChI=1S/C15H15N3/c16-8-12-5-6-18(10-12)11-13-7-14-3-1-2-4-15(14)17-9-13/h1-7,9-10H,8,11,16H2. The first kappa shape index (κ1) is 11.0. The molecule has 0 saturated carbocycles. The van der Waals surface area contributed by atoms with Crippen molar-refractivity contribution in [1.82, 2.24) is 9.55 Å². The van der Waals surface area contributed by atoms with Gasteiger partial charge in [-0.1, -0.05) is 18.2 Å². The van der Waals surface area contributed by atoms with Crippen LogP contribution in [0, 0.1) is 0 Å². The Morgan fingerprint density at radius 3 is 2.83 bits per heavy atom. The van der Waals surface area contributed by atoms with Crippen molar-refractivity contribution in [2.75, 3.05) is 0 Å². The highest BCUT2D eigenvalue weighted by Gasteiger charge is 1.99. The average molecular weight is 237 g/mol. The summed E-state index contributed by atoms with van der Waals surface area (Å²) in [6.07, 6.45) is 6.07. The molecule has 2 N–H and O–H groups in total. The smallest absolute Gasteiger partial charge is 0.0702 e. The van der Waals surface area contributed by atoms with Crippen LogP contribution in [0.3, 0.4) is 0 Å². The second kappa shape index (κ2) is 4.63. The lowest BCUT2D eigenvalue weighted by Gasteiger charge is -2.04. The number of fused-ring (bicyclic) bond motifs is 1. The number of pyridine rings is 1. The quantitative estimate of drug-likeness (QED) is 0.760. The highest BCUT2D eigenvalue weighted by Crippen LogP contribution is 2.14. The molecule has 2 aromatic heterocycles. The molecule has 3 nitrogen and oxygen atoms in total. The van der Waals surface area contributed by atoms with Crippen LogP contribution in [0.15, 0.2) is 55.0 Å². The van der Waals surface area contributed by atoms with Gasteiger partial charge >= 0.3 is 0 Å². The van der Waals surface area contributed by atoms with Crippen LogP contribution in [0.4, 0.5) is 0 Å². The Morgan fingerprint density at radius 1 is 1.11 bits per heavy atom. The van der Waals surface area contributed by atoms with Crippen molar-refractivity contribution in [3.63, 3.8) is 0 Å². The number of aromatic nitrogens is 2. The fourth-order valence-electron chi connectivity index (χ4n) is 2.12. The van der Waals surface area contributed by atoms with Crippen molar-refractivity contribution in [3.05, 3.63) is 66.1 Å². The SMILES string of the molecule is NCc1ccn(Cc2cnc3ccccc3c2)c1. The molecule has 0 aliphatic rings. The molecule has 0 atom stereocenters. The van der Waals surface area contributed by atoms with Crippen LogP contribution in [0.1, 0.15) is 11.1 Å². The predicted octanol–water partition coefficient (Wildman–Crippen LogP) is 2.54. The number of benzene rings is 1. The third-order valence-corrected chi connectivity index (χ3v) is 3.06. The van der Waals surface area contributed by atoms with E-state index in [0.29, 0.717) is 6.54 Å². The van der Waals surface area contributed by atoms with Crippen LogP contribution in [0.2, 0.25) is 0 Å². The Hall–Kier alpha value is -2.13. The molecule has 0 spiro atoms. The summed E-state index contributed by atoms with van der Waals surface area (Å²) in [6, 6.07) is 12.4. The van der Waals surface area contributed by atoms with E-state index in [1.165, 1.54) is 10.9 Å². The molecular weight excluding hydrogens is 222 g/mol. The number of nitrogens with zero attached hydrogens (tertiary/aromatic N) is 2. The summed E-state index contributed by atoms with van der Waals surface area (Å²) < 4.78 is 2.13. The van der Waals surface area contributed by atoms with Gasteiger partial charge in [0.2, 0.25) is 0 Å². The third-order valence-electron chi connectivity index (χ3n) is 3.06. The zero-order chi connectivity index (χ0) is 12.4. The molecule has 3 aromatic rings. The minimum atomic E-state index is 0.586. The second-order valence-electron chi connectivity index (χ2n) is 4.43. The molecule has 18 heavy (non-hydrogen) atoms. The van der Waals surface area contributed by atoms with Crippen molar-refractivity contribution in [1.29, 1.82) is 0 Å². The van der Waals surface area contributed by atoms with Gasteiger partial charge in [0.05, 0.1) is 5.52 Å². The largest absolute Gasteiger partial charge is 0.350 e. The van der Waals surface area contributed by atoms with Gasteiger partial charge in [-0.2, -0.15) is 0 Å². The van der Waals surface area contributed by atoms with E-state index in [1.807, 2.05) is 24.4 Å². The molecule has 0 amide bonds. The first-order valence-electron chi connectivity index (χ1n) is 6.03. The number of hydrogen-bond donors (Lipinski definition) is 1. The lowest BCUT2D eigenvalue weighted by Crippen LogP contribution is -1.98. The zero-order valence-electron chi connectivity index (χ0n) is 10.1. The molecule has 0 aliphatic carbocycles. The summed E-state index contributed by atoms with van der Waals surface area (Å²) >= 11 is 0. The van der Waals surface area contributed by atoms with Gasteiger partial charge in [0.15, 0.2) is 0 Å². The predicted molar refractivity (Wildman–Crippen MR) is 73.2 cm³/mol. The summed E-state index contributed by atoms with van der Waals surface area (Å²) in [5, 5.41) is 1.18. The molecule has 0 unspecified atom stereocenters. The van der Waals surface area contributed by atoms with E-state index < -0.39 is 0 Å². The number of nitrogens with two attached hydrogens (primary N) is 1. The topological polar surface area (TPSA) is 43.8 Å². The minimum Gasteiger partial charge on any atom is -0.350 e. The molecule has 90 valence electrons. The second-order valence-corrected chi connectivity index (χ2v) is 4.43. The summed E-state index contributed by atoms with van der Waals surface area (Å²) in [5.74, 6) is 0. The van der Waals surface area contributed by atoms with Gasteiger partial charge in [0.1, 0.15) is 0 Å². The molecular formula is C15H15N3. The van der Waals surface area contributed by atoms with Crippen LogP contribution < -0.4 is 5.73 Å². The molecule has 1 aromatic carbocycles.